The van der Waals surface area contributed by atoms with Crippen LogP contribution < -0.4 is 9.80 Å². The van der Waals surface area contributed by atoms with Crippen LogP contribution in [0.1, 0.15) is 17.3 Å². The third-order valence-electron chi connectivity index (χ3n) is 4.17. The number of ether oxygens (including phenoxy) is 3. The summed E-state index contributed by atoms with van der Waals surface area (Å²) in [7, 11) is 0. The summed E-state index contributed by atoms with van der Waals surface area (Å²) < 4.78 is 16.0. The van der Waals surface area contributed by atoms with Gasteiger partial charge in [-0.3, -0.25) is 0 Å². The summed E-state index contributed by atoms with van der Waals surface area (Å²) in [6, 6.07) is 6.00. The van der Waals surface area contributed by atoms with Gasteiger partial charge in [0.15, 0.2) is 0 Å². The third kappa shape index (κ3) is 3.95. The molecule has 2 aliphatic heterocycles. The van der Waals surface area contributed by atoms with E-state index in [9.17, 15) is 4.79 Å². The van der Waals surface area contributed by atoms with Gasteiger partial charge >= 0.3 is 5.97 Å². The summed E-state index contributed by atoms with van der Waals surface area (Å²) in [6.45, 7) is 8.45. The molecule has 0 spiro atoms. The maximum absolute atomic E-state index is 12.2. The van der Waals surface area contributed by atoms with Crippen molar-refractivity contribution in [3.8, 4) is 0 Å². The van der Waals surface area contributed by atoms with E-state index in [0.717, 1.165) is 64.0 Å². The number of rotatable bonds is 4. The predicted octanol–water partition coefficient (Wildman–Crippen LogP) is 1.54. The highest BCUT2D eigenvalue weighted by atomic mass is 16.5. The van der Waals surface area contributed by atoms with Crippen molar-refractivity contribution in [3.05, 3.63) is 23.8 Å². The van der Waals surface area contributed by atoms with E-state index in [-0.39, 0.29) is 5.97 Å². The molecule has 0 amide bonds. The molecule has 6 heteroatoms. The Morgan fingerprint density at radius 2 is 1.43 bits per heavy atom. The molecule has 2 fully saturated rings. The number of benzene rings is 1. The first kappa shape index (κ1) is 16.1. The lowest BCUT2D eigenvalue weighted by Gasteiger charge is -2.32. The van der Waals surface area contributed by atoms with Gasteiger partial charge in [0.05, 0.1) is 38.6 Å². The first-order valence-corrected chi connectivity index (χ1v) is 8.25. The zero-order valence-corrected chi connectivity index (χ0v) is 13.6. The van der Waals surface area contributed by atoms with Gasteiger partial charge in [-0.05, 0) is 25.1 Å². The molecule has 0 unspecified atom stereocenters. The van der Waals surface area contributed by atoms with Crippen molar-refractivity contribution in [1.82, 2.24) is 0 Å². The van der Waals surface area contributed by atoms with Gasteiger partial charge in [0.2, 0.25) is 0 Å². The van der Waals surface area contributed by atoms with Gasteiger partial charge in [0, 0.05) is 37.6 Å². The monoisotopic (exact) mass is 320 g/mol. The molecule has 1 aromatic rings. The van der Waals surface area contributed by atoms with Crippen molar-refractivity contribution in [2.75, 3.05) is 69.0 Å². The zero-order chi connectivity index (χ0) is 16.1. The minimum absolute atomic E-state index is 0.267. The zero-order valence-electron chi connectivity index (χ0n) is 13.6. The van der Waals surface area contributed by atoms with E-state index in [4.69, 9.17) is 14.2 Å². The molecule has 0 aromatic heterocycles. The van der Waals surface area contributed by atoms with Crippen LogP contribution in [0, 0.1) is 0 Å². The lowest BCUT2D eigenvalue weighted by molar-refractivity contribution is 0.0526. The number of carbonyl (C=O) groups excluding carboxylic acids is 1. The highest BCUT2D eigenvalue weighted by Crippen LogP contribution is 2.27. The second kappa shape index (κ2) is 7.66. The molecule has 126 valence electrons. The lowest BCUT2D eigenvalue weighted by atomic mass is 10.1. The Morgan fingerprint density at radius 1 is 0.957 bits per heavy atom. The molecule has 0 saturated carbocycles. The molecule has 2 saturated heterocycles. The summed E-state index contributed by atoms with van der Waals surface area (Å²) in [5.74, 6) is -0.267. The molecule has 6 nitrogen and oxygen atoms in total. The average molecular weight is 320 g/mol. The first-order chi connectivity index (χ1) is 11.3. The third-order valence-corrected chi connectivity index (χ3v) is 4.17. The molecule has 2 aliphatic rings. The van der Waals surface area contributed by atoms with Crippen LogP contribution in [-0.2, 0) is 14.2 Å². The average Bonchev–Trinajstić information content (AvgIpc) is 2.63. The Bertz CT molecular complexity index is 501. The normalized spacial score (nSPS) is 18.8. The quantitative estimate of drug-likeness (QED) is 0.785. The van der Waals surface area contributed by atoms with Crippen molar-refractivity contribution in [2.24, 2.45) is 0 Å². The Morgan fingerprint density at radius 3 is 1.87 bits per heavy atom. The SMILES string of the molecule is CCOC(=O)c1cc(N2CCOCC2)cc(N2CCOCC2)c1. The van der Waals surface area contributed by atoms with Crippen LogP contribution in [0.15, 0.2) is 18.2 Å². The summed E-state index contributed by atoms with van der Waals surface area (Å²) >= 11 is 0. The molecule has 0 atom stereocenters. The standard InChI is InChI=1S/C17H24N2O4/c1-2-23-17(20)14-11-15(18-3-7-21-8-4-18)13-16(12-14)19-5-9-22-10-6-19/h11-13H,2-10H2,1H3. The van der Waals surface area contributed by atoms with E-state index in [0.29, 0.717) is 12.2 Å². The molecule has 0 aliphatic carbocycles. The maximum Gasteiger partial charge on any atom is 0.338 e. The molecule has 3 rings (SSSR count). The van der Waals surface area contributed by atoms with Crippen LogP contribution in [0.25, 0.3) is 0 Å². The van der Waals surface area contributed by atoms with Gasteiger partial charge in [0.25, 0.3) is 0 Å². The Kier molecular flexibility index (Phi) is 5.35. The van der Waals surface area contributed by atoms with E-state index in [1.165, 1.54) is 0 Å². The summed E-state index contributed by atoms with van der Waals surface area (Å²) in [5.41, 5.74) is 2.72. The van der Waals surface area contributed by atoms with Crippen LogP contribution in [0.2, 0.25) is 0 Å². The number of hydrogen-bond donors (Lipinski definition) is 0. The number of hydrogen-bond acceptors (Lipinski definition) is 6. The number of morpholine rings is 2. The highest BCUT2D eigenvalue weighted by molar-refractivity contribution is 5.92. The molecule has 0 N–H and O–H groups in total. The van der Waals surface area contributed by atoms with E-state index in [2.05, 4.69) is 15.9 Å². The van der Waals surface area contributed by atoms with Crippen molar-refractivity contribution in [2.45, 2.75) is 6.92 Å². The number of nitrogens with zero attached hydrogens (tertiary/aromatic N) is 2. The number of anilines is 2. The molecular formula is C17H24N2O4. The van der Waals surface area contributed by atoms with Crippen molar-refractivity contribution >= 4 is 17.3 Å². The van der Waals surface area contributed by atoms with Gasteiger partial charge in [-0.1, -0.05) is 0 Å². The van der Waals surface area contributed by atoms with Crippen molar-refractivity contribution in [3.63, 3.8) is 0 Å². The predicted molar refractivity (Wildman–Crippen MR) is 88.5 cm³/mol. The molecule has 0 radical (unpaired) electrons. The lowest BCUT2D eigenvalue weighted by Crippen LogP contribution is -2.38. The smallest absolute Gasteiger partial charge is 0.338 e. The van der Waals surface area contributed by atoms with E-state index in [1.54, 1.807) is 0 Å². The van der Waals surface area contributed by atoms with Crippen LogP contribution >= 0.6 is 0 Å². The Balaban J connectivity index is 1.90. The molecule has 23 heavy (non-hydrogen) atoms. The topological polar surface area (TPSA) is 51.2 Å². The minimum atomic E-state index is -0.267. The second-order valence-electron chi connectivity index (χ2n) is 5.66. The second-order valence-corrected chi connectivity index (χ2v) is 5.66. The molecule has 2 heterocycles. The minimum Gasteiger partial charge on any atom is -0.462 e. The van der Waals surface area contributed by atoms with Crippen molar-refractivity contribution < 1.29 is 19.0 Å². The van der Waals surface area contributed by atoms with Gasteiger partial charge in [0.1, 0.15) is 0 Å². The summed E-state index contributed by atoms with van der Waals surface area (Å²) in [6.07, 6.45) is 0. The van der Waals surface area contributed by atoms with Crippen LogP contribution in [-0.4, -0.2) is 65.2 Å². The van der Waals surface area contributed by atoms with Gasteiger partial charge in [-0.2, -0.15) is 0 Å². The molecular weight excluding hydrogens is 296 g/mol. The first-order valence-electron chi connectivity index (χ1n) is 8.25. The van der Waals surface area contributed by atoms with Crippen LogP contribution in [0.5, 0.6) is 0 Å². The highest BCUT2D eigenvalue weighted by Gasteiger charge is 2.19. The largest absolute Gasteiger partial charge is 0.462 e. The van der Waals surface area contributed by atoms with Gasteiger partial charge < -0.3 is 24.0 Å². The van der Waals surface area contributed by atoms with E-state index < -0.39 is 0 Å². The fourth-order valence-corrected chi connectivity index (χ4v) is 2.94. The fraction of sp³-hybridized carbons (Fsp3) is 0.588. The summed E-state index contributed by atoms with van der Waals surface area (Å²) in [5, 5.41) is 0. The summed E-state index contributed by atoms with van der Waals surface area (Å²) in [4.78, 5) is 16.7. The van der Waals surface area contributed by atoms with E-state index in [1.807, 2.05) is 19.1 Å². The van der Waals surface area contributed by atoms with Crippen molar-refractivity contribution in [1.29, 1.82) is 0 Å². The van der Waals surface area contributed by atoms with Crippen LogP contribution in [0.4, 0.5) is 11.4 Å². The van der Waals surface area contributed by atoms with Gasteiger partial charge in [-0.25, -0.2) is 4.79 Å². The molecule has 1 aromatic carbocycles. The Labute approximate surface area is 136 Å². The van der Waals surface area contributed by atoms with Crippen LogP contribution in [0.3, 0.4) is 0 Å². The molecule has 0 bridgehead atoms. The maximum atomic E-state index is 12.2. The number of carbonyl (C=O) groups is 1. The Hall–Kier alpha value is -1.79. The fourth-order valence-electron chi connectivity index (χ4n) is 2.94. The number of esters is 1. The van der Waals surface area contributed by atoms with E-state index >= 15 is 0 Å². The van der Waals surface area contributed by atoms with Gasteiger partial charge in [-0.15, -0.1) is 0 Å².